The van der Waals surface area contributed by atoms with Gasteiger partial charge in [0, 0.05) is 0 Å². The normalized spacial score (nSPS) is 35.4. The Balaban J connectivity index is 1.38. The number of hydrogen-bond donors (Lipinski definition) is 0. The van der Waals surface area contributed by atoms with Crippen LogP contribution in [-0.2, 0) is 19.3 Å². The van der Waals surface area contributed by atoms with Crippen LogP contribution in [0.3, 0.4) is 0 Å². The molecular weight excluding hydrogens is 307 g/mol. The van der Waals surface area contributed by atoms with Crippen molar-refractivity contribution in [1.82, 2.24) is 0 Å². The zero-order valence-electron chi connectivity index (χ0n) is 15.7. The number of halogens is 1. The van der Waals surface area contributed by atoms with Crippen LogP contribution in [0.4, 0.5) is 4.39 Å². The molecular formula is C24H33F. The van der Waals surface area contributed by atoms with Gasteiger partial charge in [0.25, 0.3) is 0 Å². The van der Waals surface area contributed by atoms with E-state index in [2.05, 4.69) is 25.1 Å². The number of benzene rings is 1. The first-order chi connectivity index (χ1) is 12.3. The van der Waals surface area contributed by atoms with E-state index in [9.17, 15) is 4.39 Å². The molecule has 4 rings (SSSR count). The third-order valence-corrected chi connectivity index (χ3v) is 7.65. The molecule has 0 saturated heterocycles. The molecule has 1 heteroatoms. The minimum atomic E-state index is 0.511. The van der Waals surface area contributed by atoms with E-state index >= 15 is 0 Å². The summed E-state index contributed by atoms with van der Waals surface area (Å²) in [6, 6.07) is 7.22. The molecule has 3 aliphatic carbocycles. The summed E-state index contributed by atoms with van der Waals surface area (Å²) in [4.78, 5) is 0. The molecule has 0 aromatic heterocycles. The third-order valence-electron chi connectivity index (χ3n) is 7.65. The van der Waals surface area contributed by atoms with Crippen LogP contribution >= 0.6 is 0 Å². The predicted molar refractivity (Wildman–Crippen MR) is 103 cm³/mol. The van der Waals surface area contributed by atoms with Gasteiger partial charge < -0.3 is 0 Å². The van der Waals surface area contributed by atoms with Crippen LogP contribution < -0.4 is 0 Å². The first kappa shape index (κ1) is 17.3. The van der Waals surface area contributed by atoms with Gasteiger partial charge in [0.2, 0.25) is 0 Å². The van der Waals surface area contributed by atoms with Crippen molar-refractivity contribution in [3.05, 3.63) is 47.3 Å². The van der Waals surface area contributed by atoms with Gasteiger partial charge in [-0.3, -0.25) is 0 Å². The number of hydrogen-bond acceptors (Lipinski definition) is 0. The van der Waals surface area contributed by atoms with Crippen LogP contribution in [-0.4, -0.2) is 0 Å². The highest BCUT2D eigenvalue weighted by Crippen LogP contribution is 2.48. The van der Waals surface area contributed by atoms with Crippen molar-refractivity contribution in [3.63, 3.8) is 0 Å². The molecule has 2 fully saturated rings. The summed E-state index contributed by atoms with van der Waals surface area (Å²) in [6.07, 6.45) is 15.8. The molecule has 3 aliphatic rings. The van der Waals surface area contributed by atoms with E-state index in [1.165, 1.54) is 63.4 Å². The minimum absolute atomic E-state index is 0.511. The fourth-order valence-electron chi connectivity index (χ4n) is 6.13. The van der Waals surface area contributed by atoms with Crippen molar-refractivity contribution in [3.8, 4) is 0 Å². The number of fused-ring (bicyclic) bond motifs is 2. The van der Waals surface area contributed by atoms with Gasteiger partial charge in [0.05, 0.1) is 6.33 Å². The van der Waals surface area contributed by atoms with Crippen LogP contribution in [0.1, 0.15) is 68.6 Å². The lowest BCUT2D eigenvalue weighted by Crippen LogP contribution is -2.34. The highest BCUT2D eigenvalue weighted by atomic mass is 19.1. The third kappa shape index (κ3) is 3.71. The van der Waals surface area contributed by atoms with Gasteiger partial charge in [0.15, 0.2) is 0 Å². The van der Waals surface area contributed by atoms with E-state index < -0.39 is 0 Å². The molecule has 136 valence electrons. The van der Waals surface area contributed by atoms with Crippen LogP contribution in [0.2, 0.25) is 0 Å². The SMILES string of the molecule is CCc1ccc2c(c1)CCC(C1CCC3CC(/C=C/F)CCC3C1)C2. The highest BCUT2D eigenvalue weighted by Gasteiger charge is 2.38. The molecule has 1 aromatic carbocycles. The Kier molecular flexibility index (Phi) is 5.29. The zero-order valence-corrected chi connectivity index (χ0v) is 15.7. The Labute approximate surface area is 152 Å². The van der Waals surface area contributed by atoms with Crippen LogP contribution in [0.25, 0.3) is 0 Å². The standard InChI is InChI=1S/C24H33F/c1-2-17-3-5-21-15-23(9-7-19(21)13-17)24-10-8-20-14-18(11-12-25)4-6-22(20)16-24/h3,5,11-13,18,20,22-24H,2,4,6-10,14-16H2,1H3/b12-11+. The van der Waals surface area contributed by atoms with Gasteiger partial charge in [-0.05, 0) is 110 Å². The average Bonchev–Trinajstić information content (AvgIpc) is 2.67. The summed E-state index contributed by atoms with van der Waals surface area (Å²) < 4.78 is 12.5. The summed E-state index contributed by atoms with van der Waals surface area (Å²) in [5.41, 5.74) is 4.76. The second-order valence-corrected chi connectivity index (χ2v) is 8.94. The molecule has 0 radical (unpaired) electrons. The lowest BCUT2D eigenvalue weighted by Gasteiger charge is -2.44. The Morgan fingerprint density at radius 2 is 1.68 bits per heavy atom. The monoisotopic (exact) mass is 340 g/mol. The lowest BCUT2D eigenvalue weighted by molar-refractivity contribution is 0.0809. The van der Waals surface area contributed by atoms with Crippen molar-refractivity contribution < 1.29 is 4.39 Å². The maximum atomic E-state index is 12.5. The molecule has 0 nitrogen and oxygen atoms in total. The van der Waals surface area contributed by atoms with Crippen LogP contribution in [0, 0.1) is 29.6 Å². The molecule has 25 heavy (non-hydrogen) atoms. The highest BCUT2D eigenvalue weighted by molar-refractivity contribution is 5.34. The molecule has 0 aliphatic heterocycles. The molecule has 5 unspecified atom stereocenters. The fraction of sp³-hybridized carbons (Fsp3) is 0.667. The van der Waals surface area contributed by atoms with Crippen LogP contribution in [0.15, 0.2) is 30.6 Å². The molecule has 0 heterocycles. The molecule has 0 amide bonds. The number of allylic oxidation sites excluding steroid dienone is 1. The Morgan fingerprint density at radius 3 is 2.48 bits per heavy atom. The molecule has 2 saturated carbocycles. The molecule has 0 bridgehead atoms. The maximum absolute atomic E-state index is 12.5. The maximum Gasteiger partial charge on any atom is 0.0829 e. The van der Waals surface area contributed by atoms with E-state index in [0.29, 0.717) is 5.92 Å². The largest absolute Gasteiger partial charge is 0.216 e. The predicted octanol–water partition coefficient (Wildman–Crippen LogP) is 6.67. The number of rotatable bonds is 3. The summed E-state index contributed by atoms with van der Waals surface area (Å²) in [5, 5.41) is 0. The molecule has 0 spiro atoms. The molecule has 0 N–H and O–H groups in total. The van der Waals surface area contributed by atoms with E-state index in [-0.39, 0.29) is 0 Å². The van der Waals surface area contributed by atoms with E-state index in [0.717, 1.165) is 36.4 Å². The second-order valence-electron chi connectivity index (χ2n) is 8.94. The van der Waals surface area contributed by atoms with Crippen molar-refractivity contribution in [2.24, 2.45) is 29.6 Å². The first-order valence-electron chi connectivity index (χ1n) is 10.6. The minimum Gasteiger partial charge on any atom is -0.216 e. The smallest absolute Gasteiger partial charge is 0.0829 e. The summed E-state index contributed by atoms with van der Waals surface area (Å²) in [6.45, 7) is 2.25. The van der Waals surface area contributed by atoms with Gasteiger partial charge in [-0.2, -0.15) is 0 Å². The van der Waals surface area contributed by atoms with E-state index in [1.54, 1.807) is 11.1 Å². The van der Waals surface area contributed by atoms with E-state index in [4.69, 9.17) is 0 Å². The Bertz CT molecular complexity index is 617. The van der Waals surface area contributed by atoms with Gasteiger partial charge in [-0.1, -0.05) is 31.2 Å². The average molecular weight is 341 g/mol. The van der Waals surface area contributed by atoms with Gasteiger partial charge in [-0.25, -0.2) is 4.39 Å². The van der Waals surface area contributed by atoms with E-state index in [1.807, 2.05) is 6.08 Å². The zero-order chi connectivity index (χ0) is 17.2. The Hall–Kier alpha value is -1.11. The van der Waals surface area contributed by atoms with Gasteiger partial charge in [-0.15, -0.1) is 0 Å². The quantitative estimate of drug-likeness (QED) is 0.576. The number of aryl methyl sites for hydroxylation is 2. The van der Waals surface area contributed by atoms with Crippen molar-refractivity contribution >= 4 is 0 Å². The second kappa shape index (κ2) is 7.64. The first-order valence-corrected chi connectivity index (χ1v) is 10.6. The van der Waals surface area contributed by atoms with Gasteiger partial charge >= 0.3 is 0 Å². The Morgan fingerprint density at radius 1 is 0.920 bits per heavy atom. The van der Waals surface area contributed by atoms with Crippen molar-refractivity contribution in [2.75, 3.05) is 0 Å². The van der Waals surface area contributed by atoms with Crippen molar-refractivity contribution in [2.45, 2.75) is 71.1 Å². The summed E-state index contributed by atoms with van der Waals surface area (Å²) >= 11 is 0. The van der Waals surface area contributed by atoms with Gasteiger partial charge in [0.1, 0.15) is 0 Å². The van der Waals surface area contributed by atoms with Crippen molar-refractivity contribution in [1.29, 1.82) is 0 Å². The molecule has 1 aromatic rings. The topological polar surface area (TPSA) is 0 Å². The van der Waals surface area contributed by atoms with Crippen LogP contribution in [0.5, 0.6) is 0 Å². The fourth-order valence-corrected chi connectivity index (χ4v) is 6.13. The summed E-state index contributed by atoms with van der Waals surface area (Å²) in [5.74, 6) is 4.15. The summed E-state index contributed by atoms with van der Waals surface area (Å²) in [7, 11) is 0. The lowest BCUT2D eigenvalue weighted by atomic mass is 9.61. The molecule has 5 atom stereocenters.